The quantitative estimate of drug-likeness (QED) is 0.753. The van der Waals surface area contributed by atoms with Crippen molar-refractivity contribution in [3.05, 3.63) is 29.3 Å². The van der Waals surface area contributed by atoms with Crippen molar-refractivity contribution < 1.29 is 14.7 Å². The summed E-state index contributed by atoms with van der Waals surface area (Å²) in [5.41, 5.74) is 2.01. The molecule has 0 aliphatic rings. The van der Waals surface area contributed by atoms with Crippen LogP contribution in [0.4, 0.5) is 5.69 Å². The molecule has 1 unspecified atom stereocenters. The molecule has 0 fully saturated rings. The van der Waals surface area contributed by atoms with Crippen LogP contribution >= 0.6 is 0 Å². The Morgan fingerprint density at radius 2 is 2.05 bits per heavy atom. The van der Waals surface area contributed by atoms with E-state index in [1.54, 1.807) is 32.2 Å². The lowest BCUT2D eigenvalue weighted by molar-refractivity contribution is -0.116. The van der Waals surface area contributed by atoms with Crippen LogP contribution < -0.4 is 10.6 Å². The van der Waals surface area contributed by atoms with Gasteiger partial charge in [-0.1, -0.05) is 6.07 Å². The standard InChI is InChI=1S/C14H20N2O3/c1-9-4-6-11(14(19)15-3)8-12(9)16-13(18)7-5-10(2)17/h4,6,8,10,17H,5,7H2,1-3H3,(H,15,19)(H,16,18). The number of nitrogens with one attached hydrogen (secondary N) is 2. The Hall–Kier alpha value is -1.88. The molecule has 0 saturated carbocycles. The lowest BCUT2D eigenvalue weighted by Gasteiger charge is -2.10. The zero-order valence-electron chi connectivity index (χ0n) is 11.5. The highest BCUT2D eigenvalue weighted by Crippen LogP contribution is 2.17. The third kappa shape index (κ3) is 4.71. The molecule has 1 rings (SSSR count). The van der Waals surface area contributed by atoms with Crippen molar-refractivity contribution >= 4 is 17.5 Å². The smallest absolute Gasteiger partial charge is 0.251 e. The summed E-state index contributed by atoms with van der Waals surface area (Å²) in [5.74, 6) is -0.363. The number of anilines is 1. The van der Waals surface area contributed by atoms with Gasteiger partial charge in [0.15, 0.2) is 0 Å². The SMILES string of the molecule is CNC(=O)c1ccc(C)c(NC(=O)CCC(C)O)c1. The second-order valence-corrected chi connectivity index (χ2v) is 4.54. The van der Waals surface area contributed by atoms with Crippen LogP contribution in [0.5, 0.6) is 0 Å². The van der Waals surface area contributed by atoms with E-state index in [9.17, 15) is 9.59 Å². The predicted octanol–water partition coefficient (Wildman–Crippen LogP) is 1.45. The first-order valence-electron chi connectivity index (χ1n) is 6.24. The van der Waals surface area contributed by atoms with Crippen LogP contribution in [-0.2, 0) is 4.79 Å². The molecule has 1 aromatic carbocycles. The normalized spacial score (nSPS) is 11.8. The zero-order chi connectivity index (χ0) is 14.4. The molecule has 5 nitrogen and oxygen atoms in total. The lowest BCUT2D eigenvalue weighted by atomic mass is 10.1. The van der Waals surface area contributed by atoms with E-state index in [4.69, 9.17) is 5.11 Å². The van der Waals surface area contributed by atoms with Gasteiger partial charge in [0, 0.05) is 24.7 Å². The maximum absolute atomic E-state index is 11.7. The molecule has 2 amide bonds. The molecule has 0 heterocycles. The summed E-state index contributed by atoms with van der Waals surface area (Å²) in [5, 5.41) is 14.4. The van der Waals surface area contributed by atoms with Crippen LogP contribution in [0, 0.1) is 6.92 Å². The van der Waals surface area contributed by atoms with E-state index in [2.05, 4.69) is 10.6 Å². The first-order chi connectivity index (χ1) is 8.93. The fourth-order valence-electron chi connectivity index (χ4n) is 1.59. The van der Waals surface area contributed by atoms with Crippen molar-refractivity contribution in [2.45, 2.75) is 32.8 Å². The van der Waals surface area contributed by atoms with Gasteiger partial charge in [-0.15, -0.1) is 0 Å². The Kier molecular flexibility index (Phi) is 5.51. The number of carbonyl (C=O) groups is 2. The fourth-order valence-corrected chi connectivity index (χ4v) is 1.59. The highest BCUT2D eigenvalue weighted by Gasteiger charge is 2.09. The minimum Gasteiger partial charge on any atom is -0.393 e. The number of aliphatic hydroxyl groups is 1. The van der Waals surface area contributed by atoms with Crippen molar-refractivity contribution in [1.29, 1.82) is 0 Å². The number of aliphatic hydroxyl groups excluding tert-OH is 1. The van der Waals surface area contributed by atoms with E-state index in [1.807, 2.05) is 6.92 Å². The molecule has 1 atom stereocenters. The van der Waals surface area contributed by atoms with Gasteiger partial charge in [0.1, 0.15) is 0 Å². The monoisotopic (exact) mass is 264 g/mol. The second-order valence-electron chi connectivity index (χ2n) is 4.54. The topological polar surface area (TPSA) is 78.4 Å². The van der Waals surface area contributed by atoms with Crippen LogP contribution in [0.3, 0.4) is 0 Å². The van der Waals surface area contributed by atoms with Crippen molar-refractivity contribution in [3.63, 3.8) is 0 Å². The Morgan fingerprint density at radius 1 is 1.37 bits per heavy atom. The molecule has 0 saturated heterocycles. The number of hydrogen-bond acceptors (Lipinski definition) is 3. The molecule has 0 aliphatic carbocycles. The summed E-state index contributed by atoms with van der Waals surface area (Å²) in [4.78, 5) is 23.2. The molecule has 0 bridgehead atoms. The van der Waals surface area contributed by atoms with Gasteiger partial charge in [-0.25, -0.2) is 0 Å². The van der Waals surface area contributed by atoms with Gasteiger partial charge in [0.2, 0.25) is 5.91 Å². The van der Waals surface area contributed by atoms with E-state index in [1.165, 1.54) is 0 Å². The number of amides is 2. The molecule has 0 aliphatic heterocycles. The van der Waals surface area contributed by atoms with E-state index in [0.717, 1.165) is 5.56 Å². The van der Waals surface area contributed by atoms with E-state index < -0.39 is 6.10 Å². The highest BCUT2D eigenvalue weighted by atomic mass is 16.3. The minimum atomic E-state index is -0.496. The van der Waals surface area contributed by atoms with Crippen LogP contribution in [-0.4, -0.2) is 30.1 Å². The molecule has 0 radical (unpaired) electrons. The minimum absolute atomic E-state index is 0.168. The molecule has 1 aromatic rings. The summed E-state index contributed by atoms with van der Waals surface area (Å²) >= 11 is 0. The first kappa shape index (κ1) is 15.2. The van der Waals surface area contributed by atoms with E-state index >= 15 is 0 Å². The van der Waals surface area contributed by atoms with Gasteiger partial charge in [-0.05, 0) is 38.0 Å². The van der Waals surface area contributed by atoms with Gasteiger partial charge < -0.3 is 15.7 Å². The Morgan fingerprint density at radius 3 is 2.63 bits per heavy atom. The summed E-state index contributed by atoms with van der Waals surface area (Å²) in [7, 11) is 1.56. The number of carbonyl (C=O) groups excluding carboxylic acids is 2. The second kappa shape index (κ2) is 6.89. The van der Waals surface area contributed by atoms with Crippen molar-refractivity contribution in [1.82, 2.24) is 5.32 Å². The largest absolute Gasteiger partial charge is 0.393 e. The van der Waals surface area contributed by atoms with Crippen LogP contribution in [0.1, 0.15) is 35.7 Å². The maximum Gasteiger partial charge on any atom is 0.251 e. The first-order valence-corrected chi connectivity index (χ1v) is 6.24. The van der Waals surface area contributed by atoms with Gasteiger partial charge in [0.25, 0.3) is 5.91 Å². The Labute approximate surface area is 113 Å². The predicted molar refractivity (Wildman–Crippen MR) is 74.1 cm³/mol. The summed E-state index contributed by atoms with van der Waals surface area (Å²) in [6.07, 6.45) is 0.172. The number of benzene rings is 1. The number of aryl methyl sites for hydroxylation is 1. The third-order valence-electron chi connectivity index (χ3n) is 2.79. The van der Waals surface area contributed by atoms with Gasteiger partial charge >= 0.3 is 0 Å². The van der Waals surface area contributed by atoms with Crippen molar-refractivity contribution in [2.24, 2.45) is 0 Å². The highest BCUT2D eigenvalue weighted by molar-refractivity contribution is 5.97. The average molecular weight is 264 g/mol. The average Bonchev–Trinajstić information content (AvgIpc) is 2.38. The zero-order valence-corrected chi connectivity index (χ0v) is 11.5. The Bertz CT molecular complexity index is 470. The third-order valence-corrected chi connectivity index (χ3v) is 2.79. The molecular formula is C14H20N2O3. The molecule has 0 spiro atoms. The summed E-state index contributed by atoms with van der Waals surface area (Å²) < 4.78 is 0. The number of rotatable bonds is 5. The Balaban J connectivity index is 2.77. The van der Waals surface area contributed by atoms with Crippen LogP contribution in [0.15, 0.2) is 18.2 Å². The van der Waals surface area contributed by atoms with E-state index in [0.29, 0.717) is 17.7 Å². The molecule has 104 valence electrons. The van der Waals surface area contributed by atoms with E-state index in [-0.39, 0.29) is 18.2 Å². The van der Waals surface area contributed by atoms with Crippen molar-refractivity contribution in [2.75, 3.05) is 12.4 Å². The van der Waals surface area contributed by atoms with Gasteiger partial charge in [-0.2, -0.15) is 0 Å². The summed E-state index contributed by atoms with van der Waals surface area (Å²) in [6, 6.07) is 5.14. The molecule has 0 aromatic heterocycles. The molecule has 3 N–H and O–H groups in total. The van der Waals surface area contributed by atoms with Crippen LogP contribution in [0.25, 0.3) is 0 Å². The van der Waals surface area contributed by atoms with Gasteiger partial charge in [-0.3, -0.25) is 9.59 Å². The molecule has 5 heteroatoms. The summed E-state index contributed by atoms with van der Waals surface area (Å²) in [6.45, 7) is 3.50. The lowest BCUT2D eigenvalue weighted by Crippen LogP contribution is -2.19. The van der Waals surface area contributed by atoms with Gasteiger partial charge in [0.05, 0.1) is 6.10 Å². The molecule has 19 heavy (non-hydrogen) atoms. The molecular weight excluding hydrogens is 244 g/mol. The van der Waals surface area contributed by atoms with Crippen LogP contribution in [0.2, 0.25) is 0 Å². The maximum atomic E-state index is 11.7. The fraction of sp³-hybridized carbons (Fsp3) is 0.429. The number of hydrogen-bond donors (Lipinski definition) is 3. The van der Waals surface area contributed by atoms with Crippen molar-refractivity contribution in [3.8, 4) is 0 Å².